The third kappa shape index (κ3) is 2.78. The second-order valence-electron chi connectivity index (χ2n) is 4.81. The van der Waals surface area contributed by atoms with Crippen LogP contribution in [0.25, 0.3) is 11.2 Å². The fraction of sp³-hybridized carbons (Fsp3) is 0.545. The highest BCUT2D eigenvalue weighted by atomic mass is 31.1. The Bertz CT molecular complexity index is 698. The van der Waals surface area contributed by atoms with Crippen molar-refractivity contribution >= 4 is 25.4 Å². The van der Waals surface area contributed by atoms with Crippen molar-refractivity contribution < 1.29 is 23.5 Å². The Labute approximate surface area is 125 Å². The molecule has 1 fully saturated rings. The van der Waals surface area contributed by atoms with E-state index in [2.05, 4.69) is 15.0 Å². The SMILES string of the molecule is Nc1nc(F)nc2c1ncn2C1OC(COC[PH]=O)CC1O. The number of ether oxygens (including phenoxy) is 2. The first-order valence-corrected chi connectivity index (χ1v) is 7.63. The summed E-state index contributed by atoms with van der Waals surface area (Å²) in [5.74, 6) is -0.0787. The van der Waals surface area contributed by atoms with Gasteiger partial charge in [-0.05, 0) is 0 Å². The summed E-state index contributed by atoms with van der Waals surface area (Å²) in [4.78, 5) is 11.1. The quantitative estimate of drug-likeness (QED) is 0.452. The number of halogens is 1. The maximum absolute atomic E-state index is 13.3. The summed E-state index contributed by atoms with van der Waals surface area (Å²) in [6.45, 7) is 0.209. The zero-order valence-corrected chi connectivity index (χ0v) is 12.3. The van der Waals surface area contributed by atoms with E-state index in [0.717, 1.165) is 0 Å². The van der Waals surface area contributed by atoms with Crippen molar-refractivity contribution in [1.29, 1.82) is 0 Å². The number of nitrogens with zero attached hydrogens (tertiary/aromatic N) is 4. The Balaban J connectivity index is 1.83. The highest BCUT2D eigenvalue weighted by Gasteiger charge is 2.36. The molecule has 4 unspecified atom stereocenters. The van der Waals surface area contributed by atoms with E-state index in [0.29, 0.717) is 6.42 Å². The summed E-state index contributed by atoms with van der Waals surface area (Å²) in [7, 11) is -0.548. The molecule has 0 saturated carbocycles. The Morgan fingerprint density at radius 3 is 3.18 bits per heavy atom. The minimum atomic E-state index is -0.976. The molecule has 0 aliphatic carbocycles. The Morgan fingerprint density at radius 1 is 1.59 bits per heavy atom. The molecular formula is C11H14FN5O4P. The van der Waals surface area contributed by atoms with Gasteiger partial charge in [-0.15, -0.1) is 0 Å². The van der Waals surface area contributed by atoms with Gasteiger partial charge in [0, 0.05) is 6.42 Å². The van der Waals surface area contributed by atoms with Crippen LogP contribution in [0.3, 0.4) is 0 Å². The van der Waals surface area contributed by atoms with E-state index < -0.39 is 26.9 Å². The molecule has 0 amide bonds. The number of aromatic nitrogens is 4. The highest BCUT2D eigenvalue weighted by molar-refractivity contribution is 7.23. The van der Waals surface area contributed by atoms with Crippen molar-refractivity contribution in [2.75, 3.05) is 18.7 Å². The molecule has 1 radical (unpaired) electrons. The van der Waals surface area contributed by atoms with Crippen LogP contribution < -0.4 is 5.73 Å². The molecule has 2 aromatic rings. The summed E-state index contributed by atoms with van der Waals surface area (Å²) in [6.07, 6.45) is -1.14. The van der Waals surface area contributed by atoms with Gasteiger partial charge in [0.25, 0.3) is 0 Å². The van der Waals surface area contributed by atoms with E-state index in [-0.39, 0.29) is 36.0 Å². The molecule has 4 atom stereocenters. The second-order valence-corrected chi connectivity index (χ2v) is 5.39. The summed E-state index contributed by atoms with van der Waals surface area (Å²) in [5, 5.41) is 10.1. The second kappa shape index (κ2) is 6.17. The lowest BCUT2D eigenvalue weighted by Crippen LogP contribution is -2.19. The molecule has 11 heteroatoms. The minimum Gasteiger partial charge on any atom is -0.388 e. The standard InChI is InChI=1S/C11H14FN5O4P/c12-11-15-8(13)7-9(16-11)17(3-14-7)10-6(18)1-5(21-10)2-20-4-22-19/h3,5-6,10,18,22H,1-2,4H2,(H2,13,15,16). The first-order valence-electron chi connectivity index (χ1n) is 6.52. The summed E-state index contributed by atoms with van der Waals surface area (Å²) < 4.78 is 35.9. The van der Waals surface area contributed by atoms with Crippen molar-refractivity contribution in [3.05, 3.63) is 12.4 Å². The monoisotopic (exact) mass is 330 g/mol. The molecule has 0 bridgehead atoms. The third-order valence-corrected chi connectivity index (χ3v) is 3.65. The van der Waals surface area contributed by atoms with Crippen LogP contribution in [0.5, 0.6) is 0 Å². The maximum atomic E-state index is 13.3. The van der Waals surface area contributed by atoms with Crippen LogP contribution in [0.2, 0.25) is 0 Å². The van der Waals surface area contributed by atoms with Crippen LogP contribution in [-0.2, 0) is 14.0 Å². The molecule has 1 saturated heterocycles. The number of fused-ring (bicyclic) bond motifs is 1. The molecule has 9 nitrogen and oxygen atoms in total. The van der Waals surface area contributed by atoms with Gasteiger partial charge in [0.05, 0.1) is 27.5 Å². The lowest BCUT2D eigenvalue weighted by atomic mass is 10.2. The first kappa shape index (κ1) is 15.2. The van der Waals surface area contributed by atoms with Crippen molar-refractivity contribution in [3.8, 4) is 0 Å². The number of nitrogen functional groups attached to an aromatic ring is 1. The molecule has 1 aliphatic rings. The predicted octanol–water partition coefficient (Wildman–Crippen LogP) is 0.194. The van der Waals surface area contributed by atoms with Crippen molar-refractivity contribution in [2.24, 2.45) is 0 Å². The van der Waals surface area contributed by atoms with Crippen LogP contribution in [0.15, 0.2) is 6.33 Å². The molecule has 22 heavy (non-hydrogen) atoms. The lowest BCUT2D eigenvalue weighted by Gasteiger charge is -2.16. The van der Waals surface area contributed by atoms with Gasteiger partial charge in [-0.25, -0.2) is 4.98 Å². The van der Waals surface area contributed by atoms with Gasteiger partial charge in [0.1, 0.15) is 12.5 Å². The molecule has 2 aromatic heterocycles. The molecular weight excluding hydrogens is 316 g/mol. The molecule has 3 rings (SSSR count). The maximum Gasteiger partial charge on any atom is 0.312 e. The van der Waals surface area contributed by atoms with Crippen LogP contribution in [0.4, 0.5) is 10.2 Å². The summed E-state index contributed by atoms with van der Waals surface area (Å²) >= 11 is 0. The predicted molar refractivity (Wildman–Crippen MR) is 74.0 cm³/mol. The molecule has 3 N–H and O–H groups in total. The van der Waals surface area contributed by atoms with Gasteiger partial charge in [0.15, 0.2) is 23.2 Å². The minimum absolute atomic E-state index is 0.0787. The van der Waals surface area contributed by atoms with E-state index >= 15 is 0 Å². The van der Waals surface area contributed by atoms with Gasteiger partial charge in [-0.1, -0.05) is 0 Å². The highest BCUT2D eigenvalue weighted by Crippen LogP contribution is 2.31. The number of aliphatic hydroxyl groups excluding tert-OH is 1. The van der Waals surface area contributed by atoms with E-state index in [1.54, 1.807) is 0 Å². The first-order chi connectivity index (χ1) is 10.6. The molecule has 3 heterocycles. The zero-order valence-electron chi connectivity index (χ0n) is 11.3. The molecule has 0 spiro atoms. The van der Waals surface area contributed by atoms with E-state index in [1.165, 1.54) is 10.9 Å². The van der Waals surface area contributed by atoms with Gasteiger partial charge in [-0.3, -0.25) is 9.13 Å². The molecule has 119 valence electrons. The van der Waals surface area contributed by atoms with E-state index in [1.807, 2.05) is 0 Å². The van der Waals surface area contributed by atoms with Crippen molar-refractivity contribution in [1.82, 2.24) is 19.5 Å². The number of hydrogen-bond acceptors (Lipinski definition) is 8. The topological polar surface area (TPSA) is 125 Å². The van der Waals surface area contributed by atoms with E-state index in [4.69, 9.17) is 15.2 Å². The third-order valence-electron chi connectivity index (χ3n) is 3.33. The van der Waals surface area contributed by atoms with Crippen LogP contribution >= 0.6 is 8.46 Å². The van der Waals surface area contributed by atoms with E-state index in [9.17, 15) is 14.1 Å². The van der Waals surface area contributed by atoms with Gasteiger partial charge >= 0.3 is 6.08 Å². The largest absolute Gasteiger partial charge is 0.388 e. The normalized spacial score (nSPS) is 25.3. The summed E-state index contributed by atoms with van der Waals surface area (Å²) in [5.41, 5.74) is 5.98. The Kier molecular flexibility index (Phi) is 4.25. The summed E-state index contributed by atoms with van der Waals surface area (Å²) in [6, 6.07) is 0. The van der Waals surface area contributed by atoms with Gasteiger partial charge in [-0.2, -0.15) is 14.4 Å². The smallest absolute Gasteiger partial charge is 0.312 e. The molecule has 0 aromatic carbocycles. The van der Waals surface area contributed by atoms with Crippen molar-refractivity contribution in [2.45, 2.75) is 24.9 Å². The number of rotatable bonds is 5. The number of anilines is 1. The van der Waals surface area contributed by atoms with Crippen LogP contribution in [0.1, 0.15) is 12.6 Å². The number of aliphatic hydroxyl groups is 1. The van der Waals surface area contributed by atoms with Crippen molar-refractivity contribution in [3.63, 3.8) is 0 Å². The average molecular weight is 330 g/mol. The number of imidazole rings is 1. The number of hydrogen-bond donors (Lipinski definition) is 2. The number of nitrogens with two attached hydrogens (primary N) is 1. The van der Waals surface area contributed by atoms with Gasteiger partial charge < -0.3 is 20.3 Å². The van der Waals surface area contributed by atoms with Crippen LogP contribution in [-0.4, -0.2) is 49.8 Å². The Morgan fingerprint density at radius 2 is 2.41 bits per heavy atom. The Hall–Kier alpha value is -1.74. The van der Waals surface area contributed by atoms with Crippen LogP contribution in [0, 0.1) is 6.08 Å². The lowest BCUT2D eigenvalue weighted by molar-refractivity contribution is -0.0557. The average Bonchev–Trinajstić information content (AvgIpc) is 3.03. The fourth-order valence-corrected chi connectivity index (χ4v) is 2.62. The molecule has 1 aliphatic heterocycles. The van der Waals surface area contributed by atoms with Gasteiger partial charge in [0.2, 0.25) is 0 Å². The zero-order chi connectivity index (χ0) is 15.7. The fourth-order valence-electron chi connectivity index (χ4n) is 2.42.